The summed E-state index contributed by atoms with van der Waals surface area (Å²) >= 11 is 1.91. The van der Waals surface area contributed by atoms with Crippen LogP contribution >= 0.6 is 11.8 Å². The summed E-state index contributed by atoms with van der Waals surface area (Å²) in [5, 5.41) is 9.26. The molecular formula is C13H18N2O2S. The third-order valence-corrected chi connectivity index (χ3v) is 4.61. The highest BCUT2D eigenvalue weighted by molar-refractivity contribution is 7.99. The molecule has 98 valence electrons. The molecule has 0 aromatic carbocycles. The fourth-order valence-corrected chi connectivity index (χ4v) is 3.50. The second-order valence-corrected chi connectivity index (χ2v) is 5.97. The van der Waals surface area contributed by atoms with Crippen molar-refractivity contribution in [2.24, 2.45) is 0 Å². The molecule has 1 aromatic rings. The second kappa shape index (κ2) is 5.69. The summed E-state index contributed by atoms with van der Waals surface area (Å²) in [5.74, 6) is 1.22. The first-order valence-electron chi connectivity index (χ1n) is 6.25. The van der Waals surface area contributed by atoms with Crippen LogP contribution in [0.1, 0.15) is 47.3 Å². The zero-order valence-corrected chi connectivity index (χ0v) is 11.6. The van der Waals surface area contributed by atoms with Gasteiger partial charge in [0.25, 0.3) is 0 Å². The van der Waals surface area contributed by atoms with Gasteiger partial charge in [0.05, 0.1) is 11.7 Å². The zero-order valence-electron chi connectivity index (χ0n) is 10.8. The van der Waals surface area contributed by atoms with Gasteiger partial charge >= 0.3 is 5.97 Å². The quantitative estimate of drug-likeness (QED) is 0.911. The summed E-state index contributed by atoms with van der Waals surface area (Å²) in [6.07, 6.45) is 3.64. The average Bonchev–Trinajstić information content (AvgIpc) is 2.34. The van der Waals surface area contributed by atoms with Gasteiger partial charge in [0.1, 0.15) is 5.82 Å². The molecule has 1 aliphatic heterocycles. The van der Waals surface area contributed by atoms with E-state index >= 15 is 0 Å². The second-order valence-electron chi connectivity index (χ2n) is 4.66. The first kappa shape index (κ1) is 13.3. The molecule has 1 N–H and O–H groups in total. The Balaban J connectivity index is 2.26. The molecule has 2 heterocycles. The fourth-order valence-electron chi connectivity index (χ4n) is 2.26. The highest BCUT2D eigenvalue weighted by Crippen LogP contribution is 2.36. The van der Waals surface area contributed by atoms with Crippen LogP contribution in [0.4, 0.5) is 0 Å². The molecule has 1 aliphatic rings. The van der Waals surface area contributed by atoms with E-state index in [4.69, 9.17) is 5.11 Å². The maximum Gasteiger partial charge on any atom is 0.307 e. The van der Waals surface area contributed by atoms with Gasteiger partial charge in [0, 0.05) is 17.0 Å². The van der Waals surface area contributed by atoms with E-state index in [0.717, 1.165) is 29.2 Å². The van der Waals surface area contributed by atoms with Crippen LogP contribution < -0.4 is 0 Å². The third kappa shape index (κ3) is 3.02. The van der Waals surface area contributed by atoms with Gasteiger partial charge in [0.15, 0.2) is 0 Å². The molecule has 1 saturated heterocycles. The van der Waals surface area contributed by atoms with Crippen molar-refractivity contribution in [2.45, 2.75) is 44.8 Å². The number of carboxylic acids is 1. The lowest BCUT2D eigenvalue weighted by molar-refractivity contribution is -0.136. The normalized spacial score (nSPS) is 19.8. The maximum atomic E-state index is 10.8. The number of aliphatic carboxylic acids is 1. The van der Waals surface area contributed by atoms with Gasteiger partial charge in [0.2, 0.25) is 0 Å². The number of hydrogen-bond donors (Lipinski definition) is 1. The number of thioether (sulfide) groups is 1. The van der Waals surface area contributed by atoms with E-state index in [1.165, 1.54) is 18.6 Å². The van der Waals surface area contributed by atoms with Gasteiger partial charge in [-0.1, -0.05) is 6.42 Å². The van der Waals surface area contributed by atoms with Gasteiger partial charge in [-0.05, 0) is 32.4 Å². The molecular weight excluding hydrogens is 248 g/mol. The van der Waals surface area contributed by atoms with E-state index < -0.39 is 5.97 Å². The Morgan fingerprint density at radius 1 is 1.33 bits per heavy atom. The number of carbonyl (C=O) groups is 1. The largest absolute Gasteiger partial charge is 0.481 e. The molecule has 0 aliphatic carbocycles. The molecule has 0 radical (unpaired) electrons. The number of carboxylic acid groups (broad SMARTS) is 1. The van der Waals surface area contributed by atoms with E-state index in [0.29, 0.717) is 5.25 Å². The summed E-state index contributed by atoms with van der Waals surface area (Å²) in [4.78, 5) is 19.8. The van der Waals surface area contributed by atoms with Crippen LogP contribution in [0.5, 0.6) is 0 Å². The lowest BCUT2D eigenvalue weighted by Crippen LogP contribution is -2.13. The van der Waals surface area contributed by atoms with Crippen molar-refractivity contribution in [2.75, 3.05) is 5.75 Å². The molecule has 18 heavy (non-hydrogen) atoms. The molecule has 1 aromatic heterocycles. The Labute approximate surface area is 111 Å². The smallest absolute Gasteiger partial charge is 0.307 e. The van der Waals surface area contributed by atoms with E-state index in [2.05, 4.69) is 9.97 Å². The predicted molar refractivity (Wildman–Crippen MR) is 71.9 cm³/mol. The first-order valence-corrected chi connectivity index (χ1v) is 7.30. The van der Waals surface area contributed by atoms with E-state index in [1.807, 2.05) is 25.6 Å². The molecule has 0 bridgehead atoms. The van der Waals surface area contributed by atoms with Crippen LogP contribution in [-0.2, 0) is 11.2 Å². The topological polar surface area (TPSA) is 63.1 Å². The van der Waals surface area contributed by atoms with Gasteiger partial charge in [-0.2, -0.15) is 11.8 Å². The van der Waals surface area contributed by atoms with Crippen LogP contribution in [0.2, 0.25) is 0 Å². The van der Waals surface area contributed by atoms with E-state index in [9.17, 15) is 4.79 Å². The lowest BCUT2D eigenvalue weighted by Gasteiger charge is -2.21. The minimum absolute atomic E-state index is 0.00968. The standard InChI is InChI=1S/C13H18N2O2S/c1-8-10(7-12(16)17)9(2)15-13(14-8)11-5-3-4-6-18-11/h11H,3-7H2,1-2H3,(H,16,17). The molecule has 0 spiro atoms. The predicted octanol–water partition coefficient (Wildman–Crippen LogP) is 2.68. The van der Waals surface area contributed by atoms with Crippen molar-refractivity contribution in [1.29, 1.82) is 0 Å². The van der Waals surface area contributed by atoms with Crippen LogP contribution in [0, 0.1) is 13.8 Å². The van der Waals surface area contributed by atoms with Crippen molar-refractivity contribution in [3.8, 4) is 0 Å². The van der Waals surface area contributed by atoms with Crippen molar-refractivity contribution in [3.05, 3.63) is 22.8 Å². The van der Waals surface area contributed by atoms with Crippen molar-refractivity contribution in [1.82, 2.24) is 9.97 Å². The molecule has 1 atom stereocenters. The van der Waals surface area contributed by atoms with E-state index in [1.54, 1.807) is 0 Å². The molecule has 0 amide bonds. The fraction of sp³-hybridized carbons (Fsp3) is 0.615. The van der Waals surface area contributed by atoms with Gasteiger partial charge in [-0.25, -0.2) is 9.97 Å². The minimum Gasteiger partial charge on any atom is -0.481 e. The van der Waals surface area contributed by atoms with Gasteiger partial charge in [-0.15, -0.1) is 0 Å². The number of nitrogens with zero attached hydrogens (tertiary/aromatic N) is 2. The summed E-state index contributed by atoms with van der Waals surface area (Å²) in [6.45, 7) is 3.76. The van der Waals surface area contributed by atoms with Crippen LogP contribution in [0.15, 0.2) is 0 Å². The summed E-state index contributed by atoms with van der Waals surface area (Å²) in [6, 6.07) is 0. The summed E-state index contributed by atoms with van der Waals surface area (Å²) < 4.78 is 0. The number of aromatic nitrogens is 2. The number of hydrogen-bond acceptors (Lipinski definition) is 4. The summed E-state index contributed by atoms with van der Waals surface area (Å²) in [7, 11) is 0. The molecule has 2 rings (SSSR count). The van der Waals surface area contributed by atoms with Crippen molar-refractivity contribution in [3.63, 3.8) is 0 Å². The number of aryl methyl sites for hydroxylation is 2. The highest BCUT2D eigenvalue weighted by Gasteiger charge is 2.21. The Morgan fingerprint density at radius 2 is 2.00 bits per heavy atom. The Morgan fingerprint density at radius 3 is 2.50 bits per heavy atom. The molecule has 4 nitrogen and oxygen atoms in total. The molecule has 1 unspecified atom stereocenters. The SMILES string of the molecule is Cc1nc(C2CCCCS2)nc(C)c1CC(=O)O. The zero-order chi connectivity index (χ0) is 13.1. The molecule has 5 heteroatoms. The lowest BCUT2D eigenvalue weighted by atomic mass is 10.1. The monoisotopic (exact) mass is 266 g/mol. The van der Waals surface area contributed by atoms with Crippen LogP contribution in [0.25, 0.3) is 0 Å². The third-order valence-electron chi connectivity index (χ3n) is 3.23. The van der Waals surface area contributed by atoms with Crippen LogP contribution in [-0.4, -0.2) is 26.8 Å². The minimum atomic E-state index is -0.829. The Bertz CT molecular complexity index is 433. The van der Waals surface area contributed by atoms with Crippen molar-refractivity contribution >= 4 is 17.7 Å². The van der Waals surface area contributed by atoms with Gasteiger partial charge in [-0.3, -0.25) is 4.79 Å². The first-order chi connectivity index (χ1) is 8.58. The maximum absolute atomic E-state index is 10.8. The number of rotatable bonds is 3. The van der Waals surface area contributed by atoms with Crippen LogP contribution in [0.3, 0.4) is 0 Å². The Kier molecular flexibility index (Phi) is 4.22. The summed E-state index contributed by atoms with van der Waals surface area (Å²) in [5.41, 5.74) is 2.38. The highest BCUT2D eigenvalue weighted by atomic mass is 32.2. The van der Waals surface area contributed by atoms with Crippen molar-refractivity contribution < 1.29 is 9.90 Å². The Hall–Kier alpha value is -1.10. The van der Waals surface area contributed by atoms with E-state index in [-0.39, 0.29) is 6.42 Å². The average molecular weight is 266 g/mol. The molecule has 1 fully saturated rings. The van der Waals surface area contributed by atoms with Gasteiger partial charge < -0.3 is 5.11 Å². The molecule has 0 saturated carbocycles.